The lowest BCUT2D eigenvalue weighted by molar-refractivity contribution is -0.117. The molecular formula is C19H18N6O. The van der Waals surface area contributed by atoms with E-state index in [1.165, 1.54) is 6.33 Å². The van der Waals surface area contributed by atoms with Crippen LogP contribution in [0.3, 0.4) is 0 Å². The summed E-state index contributed by atoms with van der Waals surface area (Å²) < 4.78 is 0. The summed E-state index contributed by atoms with van der Waals surface area (Å²) >= 11 is 0. The molecule has 1 saturated carbocycles. The zero-order valence-corrected chi connectivity index (χ0v) is 14.0. The fraction of sp³-hybridized carbons (Fsp3) is 0.158. The van der Waals surface area contributed by atoms with Crippen molar-refractivity contribution < 1.29 is 4.79 Å². The number of nitrogens with one attached hydrogen (secondary N) is 3. The van der Waals surface area contributed by atoms with Crippen molar-refractivity contribution >= 4 is 23.0 Å². The molecule has 3 aromatic rings. The van der Waals surface area contributed by atoms with Gasteiger partial charge in [-0.05, 0) is 43.2 Å². The predicted octanol–water partition coefficient (Wildman–Crippen LogP) is 2.82. The smallest absolute Gasteiger partial charge is 0.227 e. The lowest BCUT2D eigenvalue weighted by Crippen LogP contribution is -2.14. The highest BCUT2D eigenvalue weighted by Crippen LogP contribution is 2.30. The molecule has 5 N–H and O–H groups in total. The number of nitrogen functional groups attached to an aromatic ring is 1. The second-order valence-corrected chi connectivity index (χ2v) is 6.36. The van der Waals surface area contributed by atoms with E-state index < -0.39 is 0 Å². The first-order valence-corrected chi connectivity index (χ1v) is 8.37. The van der Waals surface area contributed by atoms with Gasteiger partial charge in [-0.1, -0.05) is 12.1 Å². The number of rotatable bonds is 5. The molecule has 7 heteroatoms. The summed E-state index contributed by atoms with van der Waals surface area (Å²) in [5.41, 5.74) is 9.65. The van der Waals surface area contributed by atoms with Gasteiger partial charge in [0.2, 0.25) is 5.91 Å². The van der Waals surface area contributed by atoms with Crippen LogP contribution in [0.5, 0.6) is 0 Å². The van der Waals surface area contributed by atoms with Crippen LogP contribution in [0.25, 0.3) is 11.4 Å². The molecule has 0 unspecified atom stereocenters. The van der Waals surface area contributed by atoms with Crippen LogP contribution in [-0.4, -0.2) is 26.8 Å². The van der Waals surface area contributed by atoms with Gasteiger partial charge < -0.3 is 11.1 Å². The van der Waals surface area contributed by atoms with Crippen molar-refractivity contribution in [2.45, 2.75) is 12.8 Å². The van der Waals surface area contributed by atoms with Crippen LogP contribution >= 0.6 is 0 Å². The third kappa shape index (κ3) is 3.19. The molecule has 0 bridgehead atoms. The standard InChI is InChI=1S/C19H18N6O/c20-16-7-6-13(18-22-10-23-25-18)9-15(16)17(21)12-2-1-3-14(8-12)24-19(26)11-4-5-11/h1-3,6-11,21H,4-5,20H2,(H,24,26)(H,22,23,25). The van der Waals surface area contributed by atoms with E-state index in [-0.39, 0.29) is 17.5 Å². The van der Waals surface area contributed by atoms with Crippen molar-refractivity contribution in [1.82, 2.24) is 15.2 Å². The van der Waals surface area contributed by atoms with Crippen molar-refractivity contribution in [3.05, 3.63) is 59.9 Å². The first kappa shape index (κ1) is 16.0. The largest absolute Gasteiger partial charge is 0.398 e. The van der Waals surface area contributed by atoms with Crippen molar-refractivity contribution in [2.75, 3.05) is 11.1 Å². The molecule has 0 aliphatic heterocycles. The average molecular weight is 346 g/mol. The minimum atomic E-state index is 0.0421. The third-order valence-corrected chi connectivity index (χ3v) is 4.38. The second-order valence-electron chi connectivity index (χ2n) is 6.36. The van der Waals surface area contributed by atoms with Gasteiger partial charge in [0.25, 0.3) is 0 Å². The van der Waals surface area contributed by atoms with Gasteiger partial charge in [0.15, 0.2) is 5.82 Å². The molecule has 4 rings (SSSR count). The molecule has 0 atom stereocenters. The van der Waals surface area contributed by atoms with E-state index in [2.05, 4.69) is 20.5 Å². The molecule has 0 radical (unpaired) electrons. The number of benzene rings is 2. The summed E-state index contributed by atoms with van der Waals surface area (Å²) in [5.74, 6) is 0.789. The first-order chi connectivity index (χ1) is 12.6. The quantitative estimate of drug-likeness (QED) is 0.419. The summed E-state index contributed by atoms with van der Waals surface area (Å²) in [6, 6.07) is 12.7. The Morgan fingerprint density at radius 1 is 1.23 bits per heavy atom. The topological polar surface area (TPSA) is 121 Å². The molecule has 26 heavy (non-hydrogen) atoms. The van der Waals surface area contributed by atoms with E-state index in [1.807, 2.05) is 30.3 Å². The predicted molar refractivity (Wildman–Crippen MR) is 100.0 cm³/mol. The van der Waals surface area contributed by atoms with E-state index in [0.29, 0.717) is 28.3 Å². The van der Waals surface area contributed by atoms with Crippen LogP contribution in [-0.2, 0) is 4.79 Å². The van der Waals surface area contributed by atoms with Gasteiger partial charge in [-0.3, -0.25) is 15.3 Å². The Bertz CT molecular complexity index is 975. The summed E-state index contributed by atoms with van der Waals surface area (Å²) in [7, 11) is 0. The average Bonchev–Trinajstić information content (AvgIpc) is 3.37. The van der Waals surface area contributed by atoms with Gasteiger partial charge in [-0.25, -0.2) is 4.98 Å². The summed E-state index contributed by atoms with van der Waals surface area (Å²) in [4.78, 5) is 16.1. The fourth-order valence-electron chi connectivity index (χ4n) is 2.76. The minimum absolute atomic E-state index is 0.0421. The van der Waals surface area contributed by atoms with E-state index >= 15 is 0 Å². The number of anilines is 2. The van der Waals surface area contributed by atoms with Gasteiger partial charge >= 0.3 is 0 Å². The Balaban J connectivity index is 1.63. The molecule has 1 amide bonds. The third-order valence-electron chi connectivity index (χ3n) is 4.38. The van der Waals surface area contributed by atoms with Gasteiger partial charge in [0.1, 0.15) is 6.33 Å². The first-order valence-electron chi connectivity index (χ1n) is 8.37. The molecule has 2 aromatic carbocycles. The number of carbonyl (C=O) groups excluding carboxylic acids is 1. The molecule has 1 aliphatic carbocycles. The van der Waals surface area contributed by atoms with Crippen LogP contribution < -0.4 is 11.1 Å². The van der Waals surface area contributed by atoms with Crippen molar-refractivity contribution in [3.63, 3.8) is 0 Å². The SMILES string of the molecule is N=C(c1cccc(NC(=O)C2CC2)c1)c1cc(-c2ncn[nH]2)ccc1N. The number of hydrogen-bond donors (Lipinski definition) is 4. The molecule has 1 aliphatic rings. The molecule has 0 saturated heterocycles. The molecule has 1 fully saturated rings. The second kappa shape index (κ2) is 6.44. The van der Waals surface area contributed by atoms with Crippen molar-refractivity contribution in [3.8, 4) is 11.4 Å². The molecule has 0 spiro atoms. The number of amides is 1. The Hall–Kier alpha value is -3.48. The molecule has 1 aromatic heterocycles. The number of nitrogens with zero attached hydrogens (tertiary/aromatic N) is 2. The Morgan fingerprint density at radius 3 is 2.81 bits per heavy atom. The van der Waals surface area contributed by atoms with Gasteiger partial charge in [-0.2, -0.15) is 5.10 Å². The molecular weight excluding hydrogens is 328 g/mol. The van der Waals surface area contributed by atoms with Crippen LogP contribution in [0.4, 0.5) is 11.4 Å². The zero-order chi connectivity index (χ0) is 18.1. The Kier molecular flexibility index (Phi) is 3.96. The number of aromatic amines is 1. The number of hydrogen-bond acceptors (Lipinski definition) is 5. The van der Waals surface area contributed by atoms with Crippen molar-refractivity contribution in [1.29, 1.82) is 5.41 Å². The maximum absolute atomic E-state index is 12.0. The van der Waals surface area contributed by atoms with Crippen molar-refractivity contribution in [2.24, 2.45) is 5.92 Å². The van der Waals surface area contributed by atoms with Crippen LogP contribution in [0.15, 0.2) is 48.8 Å². The Labute approximate surface area is 150 Å². The molecule has 130 valence electrons. The monoisotopic (exact) mass is 346 g/mol. The van der Waals surface area contributed by atoms with E-state index in [4.69, 9.17) is 11.1 Å². The van der Waals surface area contributed by atoms with Crippen LogP contribution in [0.1, 0.15) is 24.0 Å². The van der Waals surface area contributed by atoms with E-state index in [9.17, 15) is 4.79 Å². The van der Waals surface area contributed by atoms with Gasteiger partial charge in [0.05, 0.1) is 5.71 Å². The highest BCUT2D eigenvalue weighted by atomic mass is 16.2. The zero-order valence-electron chi connectivity index (χ0n) is 14.0. The molecule has 7 nitrogen and oxygen atoms in total. The van der Waals surface area contributed by atoms with Crippen LogP contribution in [0, 0.1) is 11.3 Å². The Morgan fingerprint density at radius 2 is 2.08 bits per heavy atom. The summed E-state index contributed by atoms with van der Waals surface area (Å²) in [6.45, 7) is 0. The number of H-pyrrole nitrogens is 1. The molecule has 1 heterocycles. The number of aromatic nitrogens is 3. The highest BCUT2D eigenvalue weighted by molar-refractivity contribution is 6.14. The summed E-state index contributed by atoms with van der Waals surface area (Å²) in [6.07, 6.45) is 3.33. The number of carbonyl (C=O) groups is 1. The van der Waals surface area contributed by atoms with Crippen LogP contribution in [0.2, 0.25) is 0 Å². The minimum Gasteiger partial charge on any atom is -0.398 e. The lowest BCUT2D eigenvalue weighted by Gasteiger charge is -2.11. The van der Waals surface area contributed by atoms with Gasteiger partial charge in [-0.15, -0.1) is 0 Å². The van der Waals surface area contributed by atoms with E-state index in [0.717, 1.165) is 18.4 Å². The maximum atomic E-state index is 12.0. The lowest BCUT2D eigenvalue weighted by atomic mass is 9.98. The number of nitrogens with two attached hydrogens (primary N) is 1. The van der Waals surface area contributed by atoms with E-state index in [1.54, 1.807) is 12.1 Å². The summed E-state index contributed by atoms with van der Waals surface area (Å²) in [5, 5.41) is 18.1. The fourth-order valence-corrected chi connectivity index (χ4v) is 2.76. The normalized spacial score (nSPS) is 13.4. The van der Waals surface area contributed by atoms with Gasteiger partial charge in [0, 0.05) is 34.0 Å². The maximum Gasteiger partial charge on any atom is 0.227 e. The highest BCUT2D eigenvalue weighted by Gasteiger charge is 2.29.